The fraction of sp³-hybridized carbons (Fsp3) is 0.500. The summed E-state index contributed by atoms with van der Waals surface area (Å²) >= 11 is 3.21. The Morgan fingerprint density at radius 3 is 1.80 bits per heavy atom. The second-order valence-electron chi connectivity index (χ2n) is 8.06. The number of methoxy groups -OCH3 is 2. The highest BCUT2D eigenvalue weighted by atomic mass is 79.9. The van der Waals surface area contributed by atoms with Crippen LogP contribution in [0.3, 0.4) is 0 Å². The van der Waals surface area contributed by atoms with Crippen molar-refractivity contribution in [3.05, 3.63) is 21.7 Å². The average molecular weight is 485 g/mol. The van der Waals surface area contributed by atoms with Gasteiger partial charge in [0, 0.05) is 6.07 Å². The van der Waals surface area contributed by atoms with Gasteiger partial charge in [0.15, 0.2) is 0 Å². The largest absolute Gasteiger partial charge is 0.496 e. The SMILES string of the molecule is COC(=O)c1c(OC)cc(C#N)c(Br)c1N(C(=O)OC(C)(C)C)C(=O)OC(C)(C)C. The number of benzene rings is 1. The van der Waals surface area contributed by atoms with Gasteiger partial charge >= 0.3 is 18.2 Å². The Labute approximate surface area is 183 Å². The molecule has 9 nitrogen and oxygen atoms in total. The number of nitriles is 1. The second-order valence-corrected chi connectivity index (χ2v) is 8.86. The average Bonchev–Trinajstić information content (AvgIpc) is 2.59. The quantitative estimate of drug-likeness (QED) is 0.443. The number of hydrogen-bond donors (Lipinski definition) is 0. The van der Waals surface area contributed by atoms with Crippen LogP contribution in [0.2, 0.25) is 0 Å². The zero-order valence-corrected chi connectivity index (χ0v) is 19.8. The fourth-order valence-electron chi connectivity index (χ4n) is 2.24. The third-order valence-corrected chi connectivity index (χ3v) is 4.11. The van der Waals surface area contributed by atoms with Crippen LogP contribution in [0.4, 0.5) is 15.3 Å². The van der Waals surface area contributed by atoms with Crippen LogP contribution in [0.5, 0.6) is 5.75 Å². The molecule has 0 atom stereocenters. The number of hydrogen-bond acceptors (Lipinski definition) is 8. The van der Waals surface area contributed by atoms with Crippen molar-refractivity contribution in [3.8, 4) is 11.8 Å². The van der Waals surface area contributed by atoms with Crippen molar-refractivity contribution in [3.63, 3.8) is 0 Å². The van der Waals surface area contributed by atoms with E-state index >= 15 is 0 Å². The number of rotatable bonds is 3. The number of esters is 1. The lowest BCUT2D eigenvalue weighted by Crippen LogP contribution is -2.44. The molecule has 164 valence electrons. The first kappa shape index (κ1) is 25.2. The monoisotopic (exact) mass is 484 g/mol. The lowest BCUT2D eigenvalue weighted by Gasteiger charge is -2.30. The van der Waals surface area contributed by atoms with Crippen LogP contribution < -0.4 is 9.64 Å². The summed E-state index contributed by atoms with van der Waals surface area (Å²) in [6.07, 6.45) is -2.22. The van der Waals surface area contributed by atoms with Crippen LogP contribution in [0, 0.1) is 11.3 Å². The Balaban J connectivity index is 3.93. The van der Waals surface area contributed by atoms with Crippen LogP contribution in [-0.2, 0) is 14.2 Å². The predicted molar refractivity (Wildman–Crippen MR) is 112 cm³/mol. The standard InChI is InChI=1S/C20H25BrN2O7/c1-19(2,3)29-17(25)23(18(26)30-20(4,5)6)15-13(16(24)28-8)12(27-7)9-11(10-22)14(15)21/h9H,1-8H3. The number of carbonyl (C=O) groups excluding carboxylic acids is 3. The van der Waals surface area contributed by atoms with E-state index in [9.17, 15) is 19.6 Å². The van der Waals surface area contributed by atoms with Crippen molar-refractivity contribution < 1.29 is 33.3 Å². The van der Waals surface area contributed by atoms with Gasteiger partial charge in [0.05, 0.1) is 29.9 Å². The number of anilines is 1. The van der Waals surface area contributed by atoms with Gasteiger partial charge in [-0.2, -0.15) is 10.2 Å². The zero-order chi connectivity index (χ0) is 23.4. The number of amides is 2. The summed E-state index contributed by atoms with van der Waals surface area (Å²) in [5.41, 5.74) is -2.48. The molecule has 30 heavy (non-hydrogen) atoms. The molecule has 10 heteroatoms. The van der Waals surface area contributed by atoms with Crippen LogP contribution in [0.1, 0.15) is 57.5 Å². The Morgan fingerprint density at radius 2 is 1.47 bits per heavy atom. The molecule has 0 saturated heterocycles. The molecule has 0 heterocycles. The molecule has 2 amide bonds. The Hall–Kier alpha value is -2.80. The van der Waals surface area contributed by atoms with Gasteiger partial charge in [-0.15, -0.1) is 0 Å². The summed E-state index contributed by atoms with van der Waals surface area (Å²) < 4.78 is 20.7. The Kier molecular flexibility index (Phi) is 7.86. The lowest BCUT2D eigenvalue weighted by molar-refractivity contribution is 0.0430. The van der Waals surface area contributed by atoms with E-state index in [1.165, 1.54) is 13.2 Å². The van der Waals surface area contributed by atoms with Crippen molar-refractivity contribution in [2.75, 3.05) is 19.1 Å². The molecule has 0 aliphatic rings. The molecule has 0 saturated carbocycles. The summed E-state index contributed by atoms with van der Waals surface area (Å²) in [6.45, 7) is 9.67. The highest BCUT2D eigenvalue weighted by molar-refractivity contribution is 9.10. The van der Waals surface area contributed by atoms with Crippen molar-refractivity contribution in [1.29, 1.82) is 5.26 Å². The molecule has 1 aromatic rings. The van der Waals surface area contributed by atoms with E-state index < -0.39 is 29.4 Å². The number of carbonyl (C=O) groups is 3. The number of imide groups is 1. The fourth-order valence-corrected chi connectivity index (χ4v) is 2.82. The van der Waals surface area contributed by atoms with Crippen molar-refractivity contribution >= 4 is 39.8 Å². The van der Waals surface area contributed by atoms with E-state index in [0.717, 1.165) is 7.11 Å². The predicted octanol–water partition coefficient (Wildman–Crippen LogP) is 4.79. The minimum absolute atomic E-state index is 0.00613. The molecule has 0 bridgehead atoms. The van der Waals surface area contributed by atoms with Crippen molar-refractivity contribution in [2.24, 2.45) is 0 Å². The molecule has 1 aromatic carbocycles. The van der Waals surface area contributed by atoms with Gasteiger partial charge in [-0.05, 0) is 57.5 Å². The first-order valence-electron chi connectivity index (χ1n) is 8.81. The summed E-state index contributed by atoms with van der Waals surface area (Å²) in [5, 5.41) is 9.48. The van der Waals surface area contributed by atoms with E-state index in [2.05, 4.69) is 15.9 Å². The normalized spacial score (nSPS) is 11.2. The van der Waals surface area contributed by atoms with E-state index in [1.54, 1.807) is 41.5 Å². The maximum absolute atomic E-state index is 13.0. The van der Waals surface area contributed by atoms with Crippen molar-refractivity contribution in [2.45, 2.75) is 52.7 Å². The molecule has 0 N–H and O–H groups in total. The summed E-state index contributed by atoms with van der Waals surface area (Å²) in [4.78, 5) is 39.1. The maximum Gasteiger partial charge on any atom is 0.424 e. The Morgan fingerprint density at radius 1 is 1.00 bits per heavy atom. The zero-order valence-electron chi connectivity index (χ0n) is 18.2. The number of ether oxygens (including phenoxy) is 4. The highest BCUT2D eigenvalue weighted by Crippen LogP contribution is 2.41. The first-order valence-corrected chi connectivity index (χ1v) is 9.61. The smallest absolute Gasteiger partial charge is 0.424 e. The summed E-state index contributed by atoms with van der Waals surface area (Å²) in [7, 11) is 2.40. The molecular formula is C20H25BrN2O7. The second kappa shape index (κ2) is 9.34. The van der Waals surface area contributed by atoms with Gasteiger partial charge in [-0.25, -0.2) is 14.4 Å². The molecule has 0 aliphatic carbocycles. The van der Waals surface area contributed by atoms with Crippen molar-refractivity contribution in [1.82, 2.24) is 0 Å². The summed E-state index contributed by atoms with van der Waals surface area (Å²) in [6, 6.07) is 3.19. The van der Waals surface area contributed by atoms with E-state index in [4.69, 9.17) is 18.9 Å². The van der Waals surface area contributed by atoms with Gasteiger partial charge in [-0.1, -0.05) is 0 Å². The van der Waals surface area contributed by atoms with Gasteiger partial charge < -0.3 is 18.9 Å². The Bertz CT molecular complexity index is 864. The first-order chi connectivity index (χ1) is 13.7. The molecular weight excluding hydrogens is 460 g/mol. The third kappa shape index (κ3) is 6.10. The van der Waals surface area contributed by atoms with Gasteiger partial charge in [0.25, 0.3) is 0 Å². The molecule has 0 spiro atoms. The maximum atomic E-state index is 13.0. The van der Waals surface area contributed by atoms with Gasteiger partial charge in [0.1, 0.15) is 28.6 Å². The van der Waals surface area contributed by atoms with E-state index in [-0.39, 0.29) is 27.0 Å². The minimum atomic E-state index is -1.11. The van der Waals surface area contributed by atoms with E-state index in [0.29, 0.717) is 4.90 Å². The van der Waals surface area contributed by atoms with Gasteiger partial charge in [0.2, 0.25) is 0 Å². The molecule has 0 radical (unpaired) electrons. The molecule has 0 aliphatic heterocycles. The van der Waals surface area contributed by atoms with Crippen LogP contribution in [0.25, 0.3) is 0 Å². The molecule has 1 rings (SSSR count). The number of nitrogens with zero attached hydrogens (tertiary/aromatic N) is 2. The van der Waals surface area contributed by atoms with Crippen LogP contribution in [0.15, 0.2) is 10.5 Å². The van der Waals surface area contributed by atoms with Crippen LogP contribution >= 0.6 is 15.9 Å². The van der Waals surface area contributed by atoms with Gasteiger partial charge in [-0.3, -0.25) is 0 Å². The minimum Gasteiger partial charge on any atom is -0.496 e. The third-order valence-electron chi connectivity index (χ3n) is 3.31. The lowest BCUT2D eigenvalue weighted by atomic mass is 10.1. The summed E-state index contributed by atoms with van der Waals surface area (Å²) in [5.74, 6) is -0.974. The topological polar surface area (TPSA) is 115 Å². The van der Waals surface area contributed by atoms with E-state index in [1.807, 2.05) is 6.07 Å². The highest BCUT2D eigenvalue weighted by Gasteiger charge is 2.39. The molecule has 0 fully saturated rings. The molecule has 0 unspecified atom stereocenters. The van der Waals surface area contributed by atoms with Crippen LogP contribution in [-0.4, -0.2) is 43.6 Å². The number of halogens is 1. The molecule has 0 aromatic heterocycles.